The molecular weight excluding hydrogens is 753 g/mol. The van der Waals surface area contributed by atoms with Crippen molar-refractivity contribution in [1.82, 2.24) is 4.98 Å². The topological polar surface area (TPSA) is 86.1 Å². The summed E-state index contributed by atoms with van der Waals surface area (Å²) in [5.74, 6) is 1.31. The average molecular weight is 789 g/mol. The molecule has 1 atom stereocenters. The van der Waals surface area contributed by atoms with Crippen molar-refractivity contribution in [3.63, 3.8) is 0 Å². The van der Waals surface area contributed by atoms with Gasteiger partial charge in [-0.2, -0.15) is 5.26 Å². The van der Waals surface area contributed by atoms with Crippen molar-refractivity contribution in [3.05, 3.63) is 221 Å². The average Bonchev–Trinajstić information content (AvgIpc) is 4.03. The molecule has 1 aliphatic heterocycles. The lowest BCUT2D eigenvalue weighted by Gasteiger charge is -2.10. The lowest BCUT2D eigenvalue weighted by Crippen LogP contribution is -2.09. The largest absolute Gasteiger partial charge is 0.252 e. The van der Waals surface area contributed by atoms with Gasteiger partial charge >= 0.3 is 0 Å². The van der Waals surface area contributed by atoms with Gasteiger partial charge in [0.2, 0.25) is 0 Å². The number of pyridine rings is 1. The Labute approximate surface area is 352 Å². The van der Waals surface area contributed by atoms with E-state index in [9.17, 15) is 5.26 Å². The van der Waals surface area contributed by atoms with E-state index in [0.29, 0.717) is 22.9 Å². The minimum Gasteiger partial charge on any atom is -0.252 e. The number of fused-ring (bicyclic) bond motifs is 4. The van der Waals surface area contributed by atoms with E-state index < -0.39 is 0 Å². The first-order valence-electron chi connectivity index (χ1n) is 19.8. The van der Waals surface area contributed by atoms with Gasteiger partial charge in [0.15, 0.2) is 11.7 Å². The highest BCUT2D eigenvalue weighted by molar-refractivity contribution is 7.25. The van der Waals surface area contributed by atoms with E-state index >= 15 is 0 Å². The Morgan fingerprint density at radius 1 is 0.683 bits per heavy atom. The molecule has 2 aromatic heterocycles. The van der Waals surface area contributed by atoms with E-state index in [0.717, 1.165) is 88.4 Å². The van der Waals surface area contributed by atoms with Gasteiger partial charge < -0.3 is 0 Å². The maximum atomic E-state index is 9.77. The SMILES string of the molecule is C=C(/N=C(\N=C(/C)c1ccccc1)c1ccccc1)c1ccc2sc3ccnc(C4=NC(c5ccccc5)=C5CC5C(c5ccc(-c6ccccc6C#N)cc5)=N4)c3c2c1. The molecule has 0 radical (unpaired) electrons. The number of hydrogen-bond donors (Lipinski definition) is 0. The number of nitriles is 1. The molecule has 7 heteroatoms. The van der Waals surface area contributed by atoms with Gasteiger partial charge in [0.1, 0.15) is 5.69 Å². The smallest absolute Gasteiger partial charge is 0.179 e. The summed E-state index contributed by atoms with van der Waals surface area (Å²) in [6.07, 6.45) is 2.75. The predicted octanol–water partition coefficient (Wildman–Crippen LogP) is 12.6. The molecule has 3 heterocycles. The highest BCUT2D eigenvalue weighted by Crippen LogP contribution is 2.48. The third-order valence-corrected chi connectivity index (χ3v) is 12.1. The second kappa shape index (κ2) is 15.6. The zero-order valence-electron chi connectivity index (χ0n) is 32.7. The third-order valence-electron chi connectivity index (χ3n) is 11.0. The molecule has 1 saturated carbocycles. The Morgan fingerprint density at radius 2 is 1.37 bits per heavy atom. The molecule has 10 rings (SSSR count). The highest BCUT2D eigenvalue weighted by atomic mass is 32.1. The number of thiophene rings is 1. The number of benzene rings is 6. The van der Waals surface area contributed by atoms with Crippen LogP contribution < -0.4 is 0 Å². The summed E-state index contributed by atoms with van der Waals surface area (Å²) in [6, 6.07) is 57.4. The molecule has 0 saturated heterocycles. The summed E-state index contributed by atoms with van der Waals surface area (Å²) in [5, 5.41) is 11.8. The summed E-state index contributed by atoms with van der Waals surface area (Å²) >= 11 is 1.72. The number of amidine groups is 2. The number of aromatic nitrogens is 1. The van der Waals surface area contributed by atoms with E-state index in [2.05, 4.69) is 97.6 Å². The molecule has 284 valence electrons. The number of aliphatic imine (C=N–C) groups is 4. The van der Waals surface area contributed by atoms with Crippen LogP contribution in [0.2, 0.25) is 0 Å². The first kappa shape index (κ1) is 36.7. The van der Waals surface area contributed by atoms with Crippen molar-refractivity contribution >= 4 is 66.0 Å². The van der Waals surface area contributed by atoms with Crippen LogP contribution in [0, 0.1) is 17.2 Å². The van der Waals surface area contributed by atoms with Crippen LogP contribution in [0.25, 0.3) is 42.7 Å². The van der Waals surface area contributed by atoms with E-state index in [4.69, 9.17) is 25.0 Å². The Balaban J connectivity index is 1.09. The molecule has 0 amide bonds. The van der Waals surface area contributed by atoms with Gasteiger partial charge in [-0.1, -0.05) is 146 Å². The molecular formula is C53H36N6S. The maximum Gasteiger partial charge on any atom is 0.179 e. The van der Waals surface area contributed by atoms with Crippen LogP contribution in [0.3, 0.4) is 0 Å². The minimum absolute atomic E-state index is 0.136. The van der Waals surface area contributed by atoms with E-state index in [1.165, 1.54) is 5.57 Å². The monoisotopic (exact) mass is 788 g/mol. The molecule has 1 aliphatic carbocycles. The van der Waals surface area contributed by atoms with E-state index in [1.54, 1.807) is 11.3 Å². The van der Waals surface area contributed by atoms with Crippen LogP contribution in [0.5, 0.6) is 0 Å². The Bertz CT molecular complexity index is 3180. The molecule has 6 aromatic carbocycles. The molecule has 1 fully saturated rings. The van der Waals surface area contributed by atoms with Crippen LogP contribution in [0.4, 0.5) is 0 Å². The van der Waals surface area contributed by atoms with Crippen LogP contribution in [-0.4, -0.2) is 28.1 Å². The van der Waals surface area contributed by atoms with Crippen molar-refractivity contribution in [2.45, 2.75) is 13.3 Å². The van der Waals surface area contributed by atoms with Gasteiger partial charge in [-0.15, -0.1) is 11.3 Å². The van der Waals surface area contributed by atoms with Gasteiger partial charge in [0.05, 0.1) is 28.7 Å². The molecule has 0 spiro atoms. The molecule has 0 N–H and O–H groups in total. The molecule has 8 aromatic rings. The highest BCUT2D eigenvalue weighted by Gasteiger charge is 2.41. The second-order valence-electron chi connectivity index (χ2n) is 14.8. The predicted molar refractivity (Wildman–Crippen MR) is 249 cm³/mol. The zero-order valence-corrected chi connectivity index (χ0v) is 33.6. The summed E-state index contributed by atoms with van der Waals surface area (Å²) < 4.78 is 2.22. The summed E-state index contributed by atoms with van der Waals surface area (Å²) in [7, 11) is 0. The van der Waals surface area contributed by atoms with E-state index in [-0.39, 0.29) is 5.92 Å². The quantitative estimate of drug-likeness (QED) is 0.113. The van der Waals surface area contributed by atoms with Gasteiger partial charge in [-0.25, -0.2) is 20.0 Å². The van der Waals surface area contributed by atoms with Gasteiger partial charge in [0, 0.05) is 54.7 Å². The summed E-state index contributed by atoms with van der Waals surface area (Å²) in [4.78, 5) is 25.9. The fraction of sp³-hybridized carbons (Fsp3) is 0.0566. The van der Waals surface area contributed by atoms with Crippen molar-refractivity contribution < 1.29 is 0 Å². The lowest BCUT2D eigenvalue weighted by molar-refractivity contribution is 1.22. The standard InChI is InChI=1S/C53H36N6S/c1-33(35-14-6-3-7-15-35)56-52(39-18-10-5-11-19-39)57-34(2)40-26-27-46-45(30-40)48-47(60-46)28-29-55-51(48)53-58-49(37-16-8-4-9-17-37)43-31-44(43)50(59-53)38-24-22-36(23-25-38)42-21-13-12-20-41(42)32-54/h3-30,44H,2,31H2,1H3/b56-33+,57-52-. The molecule has 60 heavy (non-hydrogen) atoms. The van der Waals surface area contributed by atoms with Gasteiger partial charge in [0.25, 0.3) is 0 Å². The lowest BCUT2D eigenvalue weighted by atomic mass is 9.97. The Hall–Kier alpha value is -7.66. The number of allylic oxidation sites excluding steroid dienone is 1. The number of nitrogens with zero attached hydrogens (tertiary/aromatic N) is 6. The maximum absolute atomic E-state index is 9.77. The van der Waals surface area contributed by atoms with Crippen LogP contribution in [-0.2, 0) is 0 Å². The normalized spacial score (nSPS) is 15.2. The van der Waals surface area contributed by atoms with Crippen molar-refractivity contribution in [2.75, 3.05) is 0 Å². The number of rotatable bonds is 8. The fourth-order valence-corrected chi connectivity index (χ4v) is 8.94. The number of hydrogen-bond acceptors (Lipinski definition) is 6. The molecule has 0 bridgehead atoms. The Kier molecular flexibility index (Phi) is 9.53. The zero-order chi connectivity index (χ0) is 40.6. The Morgan fingerprint density at radius 3 is 2.12 bits per heavy atom. The first-order chi connectivity index (χ1) is 29.5. The van der Waals surface area contributed by atoms with Crippen molar-refractivity contribution in [2.24, 2.45) is 25.9 Å². The minimum atomic E-state index is 0.136. The van der Waals surface area contributed by atoms with Crippen LogP contribution in [0.15, 0.2) is 202 Å². The second-order valence-corrected chi connectivity index (χ2v) is 15.9. The molecule has 1 unspecified atom stereocenters. The summed E-state index contributed by atoms with van der Waals surface area (Å²) in [5.41, 5.74) is 12.9. The van der Waals surface area contributed by atoms with Gasteiger partial charge in [-0.05, 0) is 65.4 Å². The van der Waals surface area contributed by atoms with Crippen LogP contribution >= 0.6 is 11.3 Å². The van der Waals surface area contributed by atoms with Crippen molar-refractivity contribution in [3.8, 4) is 17.2 Å². The van der Waals surface area contributed by atoms with Crippen LogP contribution in [0.1, 0.15) is 52.4 Å². The van der Waals surface area contributed by atoms with E-state index in [1.807, 2.05) is 92.0 Å². The third kappa shape index (κ3) is 7.00. The van der Waals surface area contributed by atoms with Crippen molar-refractivity contribution in [1.29, 1.82) is 5.26 Å². The van der Waals surface area contributed by atoms with Gasteiger partial charge in [-0.3, -0.25) is 4.98 Å². The molecule has 6 nitrogen and oxygen atoms in total. The first-order valence-corrected chi connectivity index (χ1v) is 20.7. The molecule has 2 aliphatic rings. The summed E-state index contributed by atoms with van der Waals surface area (Å²) in [6.45, 7) is 6.47. The fourth-order valence-electron chi connectivity index (χ4n) is 7.86.